The number of rotatable bonds is 6. The third-order valence-electron chi connectivity index (χ3n) is 6.22. The SMILES string of the molecule is Cc1cc(Oc2cccc(COc3ccccc3C#N)c2)ccc1N1C(=O)Nc2c(N)sc3nccc1c23. The molecule has 38 heavy (non-hydrogen) atoms. The van der Waals surface area contributed by atoms with Gasteiger partial charge < -0.3 is 20.5 Å². The highest BCUT2D eigenvalue weighted by atomic mass is 32.1. The lowest BCUT2D eigenvalue weighted by atomic mass is 10.1. The second kappa shape index (κ2) is 9.42. The Labute approximate surface area is 222 Å². The van der Waals surface area contributed by atoms with Crippen LogP contribution in [0.4, 0.5) is 26.9 Å². The summed E-state index contributed by atoms with van der Waals surface area (Å²) in [5, 5.41) is 13.6. The van der Waals surface area contributed by atoms with Crippen LogP contribution in [0.25, 0.3) is 10.2 Å². The number of amides is 2. The van der Waals surface area contributed by atoms with Crippen LogP contribution in [0.2, 0.25) is 0 Å². The first-order chi connectivity index (χ1) is 18.5. The fourth-order valence-corrected chi connectivity index (χ4v) is 5.35. The Morgan fingerprint density at radius 3 is 2.74 bits per heavy atom. The molecule has 0 spiro atoms. The molecule has 3 N–H and O–H groups in total. The van der Waals surface area contributed by atoms with Crippen molar-refractivity contribution in [2.45, 2.75) is 13.5 Å². The van der Waals surface area contributed by atoms with Gasteiger partial charge in [-0.15, -0.1) is 0 Å². The first-order valence-corrected chi connectivity index (χ1v) is 12.6. The Morgan fingerprint density at radius 1 is 1.05 bits per heavy atom. The predicted molar refractivity (Wildman–Crippen MR) is 148 cm³/mol. The van der Waals surface area contributed by atoms with Crippen molar-refractivity contribution in [3.63, 3.8) is 0 Å². The van der Waals surface area contributed by atoms with Crippen molar-refractivity contribution in [3.8, 4) is 23.3 Å². The summed E-state index contributed by atoms with van der Waals surface area (Å²) in [6.07, 6.45) is 1.69. The van der Waals surface area contributed by atoms with Crippen LogP contribution in [0.5, 0.6) is 17.2 Å². The van der Waals surface area contributed by atoms with Gasteiger partial charge in [0.1, 0.15) is 39.8 Å². The maximum Gasteiger partial charge on any atom is 0.331 e. The van der Waals surface area contributed by atoms with Gasteiger partial charge in [0, 0.05) is 6.20 Å². The molecule has 3 aromatic carbocycles. The van der Waals surface area contributed by atoms with Gasteiger partial charge in [-0.2, -0.15) is 5.26 Å². The van der Waals surface area contributed by atoms with Crippen LogP contribution in [0.3, 0.4) is 0 Å². The number of thiophene rings is 1. The van der Waals surface area contributed by atoms with Gasteiger partial charge in [-0.3, -0.25) is 4.90 Å². The molecule has 0 fully saturated rings. The molecule has 186 valence electrons. The van der Waals surface area contributed by atoms with E-state index in [1.807, 2.05) is 61.5 Å². The van der Waals surface area contributed by atoms with E-state index in [2.05, 4.69) is 16.4 Å². The van der Waals surface area contributed by atoms with Gasteiger partial charge in [0.2, 0.25) is 0 Å². The number of urea groups is 1. The fraction of sp³-hybridized carbons (Fsp3) is 0.0690. The maximum atomic E-state index is 13.1. The van der Waals surface area contributed by atoms with E-state index in [4.69, 9.17) is 15.2 Å². The summed E-state index contributed by atoms with van der Waals surface area (Å²) in [5.74, 6) is 1.83. The van der Waals surface area contributed by atoms with Crippen molar-refractivity contribution < 1.29 is 14.3 Å². The number of pyridine rings is 1. The van der Waals surface area contributed by atoms with Gasteiger partial charge in [-0.1, -0.05) is 35.6 Å². The predicted octanol–water partition coefficient (Wildman–Crippen LogP) is 7.11. The van der Waals surface area contributed by atoms with Gasteiger partial charge in [0.05, 0.1) is 28.0 Å². The molecule has 5 aromatic rings. The number of nitriles is 1. The van der Waals surface area contributed by atoms with Crippen LogP contribution < -0.4 is 25.4 Å². The lowest BCUT2D eigenvalue weighted by molar-refractivity contribution is 0.259. The second-order valence-electron chi connectivity index (χ2n) is 8.71. The van der Waals surface area contributed by atoms with Crippen molar-refractivity contribution in [2.75, 3.05) is 16.0 Å². The molecule has 6 rings (SSSR count). The number of carbonyl (C=O) groups excluding carboxylic acids is 1. The van der Waals surface area contributed by atoms with Crippen LogP contribution in [0, 0.1) is 18.3 Å². The number of anilines is 4. The molecule has 0 unspecified atom stereocenters. The average Bonchev–Trinajstić information content (AvgIpc) is 3.24. The topological polar surface area (TPSA) is 114 Å². The first-order valence-electron chi connectivity index (χ1n) is 11.8. The molecule has 0 radical (unpaired) electrons. The third-order valence-corrected chi connectivity index (χ3v) is 7.15. The summed E-state index contributed by atoms with van der Waals surface area (Å²) in [5.41, 5.74) is 10.5. The number of hydrogen-bond donors (Lipinski definition) is 2. The molecule has 1 aliphatic rings. The molecule has 2 amide bonds. The van der Waals surface area contributed by atoms with Crippen molar-refractivity contribution in [2.24, 2.45) is 0 Å². The number of hydrogen-bond acceptors (Lipinski definition) is 7. The minimum absolute atomic E-state index is 0.280. The first kappa shape index (κ1) is 23.3. The molecule has 0 atom stereocenters. The fourth-order valence-electron chi connectivity index (χ4n) is 4.47. The monoisotopic (exact) mass is 519 g/mol. The molecule has 1 aliphatic heterocycles. The Kier molecular flexibility index (Phi) is 5.79. The van der Waals surface area contributed by atoms with E-state index in [0.717, 1.165) is 32.7 Å². The van der Waals surface area contributed by atoms with Crippen molar-refractivity contribution >= 4 is 49.6 Å². The molecule has 3 heterocycles. The average molecular weight is 520 g/mol. The molecule has 2 aromatic heterocycles. The number of nitrogens with zero attached hydrogens (tertiary/aromatic N) is 3. The van der Waals surface area contributed by atoms with Crippen LogP contribution in [0.15, 0.2) is 79.0 Å². The molecule has 0 saturated carbocycles. The minimum atomic E-state index is -0.280. The van der Waals surface area contributed by atoms with Gasteiger partial charge in [-0.25, -0.2) is 9.78 Å². The minimum Gasteiger partial charge on any atom is -0.488 e. The second-order valence-corrected chi connectivity index (χ2v) is 9.74. The highest BCUT2D eigenvalue weighted by Gasteiger charge is 2.31. The quantitative estimate of drug-likeness (QED) is 0.247. The third kappa shape index (κ3) is 4.13. The van der Waals surface area contributed by atoms with Crippen molar-refractivity contribution in [1.29, 1.82) is 5.26 Å². The zero-order chi connectivity index (χ0) is 26.2. The van der Waals surface area contributed by atoms with Gasteiger partial charge in [0.15, 0.2) is 0 Å². The summed E-state index contributed by atoms with van der Waals surface area (Å²) in [7, 11) is 0. The smallest absolute Gasteiger partial charge is 0.331 e. The van der Waals surface area contributed by atoms with E-state index in [-0.39, 0.29) is 6.03 Å². The Balaban J connectivity index is 1.23. The number of nitrogens with one attached hydrogen (secondary N) is 1. The maximum absolute atomic E-state index is 13.1. The number of nitrogen functional groups attached to an aromatic ring is 1. The molecular weight excluding hydrogens is 498 g/mol. The van der Waals surface area contributed by atoms with E-state index >= 15 is 0 Å². The standard InChI is InChI=1S/C29H21N5O3S/c1-17-13-21(37-20-7-4-5-18(14-20)16-36-24-8-3-2-6-19(24)15-30)9-10-22(17)34-23-11-12-32-28-25(23)26(27(31)38-28)33-29(34)35/h2-14H,16,31H2,1H3,(H,33,35). The zero-order valence-corrected chi connectivity index (χ0v) is 21.1. The Hall–Kier alpha value is -5.07. The number of aromatic nitrogens is 1. The number of carbonyl (C=O) groups is 1. The number of benzene rings is 3. The Morgan fingerprint density at radius 2 is 1.89 bits per heavy atom. The molecule has 9 heteroatoms. The molecule has 0 aliphatic carbocycles. The lowest BCUT2D eigenvalue weighted by Gasteiger charge is -2.29. The summed E-state index contributed by atoms with van der Waals surface area (Å²) < 4.78 is 12.0. The van der Waals surface area contributed by atoms with Gasteiger partial charge >= 0.3 is 6.03 Å². The van der Waals surface area contributed by atoms with E-state index < -0.39 is 0 Å². The number of para-hydroxylation sites is 1. The van der Waals surface area contributed by atoms with E-state index in [1.54, 1.807) is 29.3 Å². The number of ether oxygens (including phenoxy) is 2. The van der Waals surface area contributed by atoms with E-state index in [1.165, 1.54) is 11.3 Å². The number of aryl methyl sites for hydroxylation is 1. The van der Waals surface area contributed by atoms with Crippen molar-refractivity contribution in [1.82, 2.24) is 4.98 Å². The summed E-state index contributed by atoms with van der Waals surface area (Å²) >= 11 is 1.35. The molecule has 0 bridgehead atoms. The van der Waals surface area contributed by atoms with Gasteiger partial charge in [-0.05, 0) is 66.6 Å². The normalized spacial score (nSPS) is 12.2. The lowest BCUT2D eigenvalue weighted by Crippen LogP contribution is -2.34. The molecular formula is C29H21N5O3S. The van der Waals surface area contributed by atoms with Crippen LogP contribution >= 0.6 is 11.3 Å². The van der Waals surface area contributed by atoms with E-state index in [9.17, 15) is 10.1 Å². The highest BCUT2D eigenvalue weighted by molar-refractivity contribution is 7.23. The summed E-state index contributed by atoms with van der Waals surface area (Å²) in [6.45, 7) is 2.23. The highest BCUT2D eigenvalue weighted by Crippen LogP contribution is 2.47. The zero-order valence-electron chi connectivity index (χ0n) is 20.3. The Bertz CT molecular complexity index is 1760. The van der Waals surface area contributed by atoms with Gasteiger partial charge in [0.25, 0.3) is 0 Å². The molecule has 0 saturated heterocycles. The molecule has 8 nitrogen and oxygen atoms in total. The summed E-state index contributed by atoms with van der Waals surface area (Å²) in [6, 6.07) is 24.0. The largest absolute Gasteiger partial charge is 0.488 e. The van der Waals surface area contributed by atoms with Crippen LogP contribution in [-0.4, -0.2) is 11.0 Å². The van der Waals surface area contributed by atoms with Crippen molar-refractivity contribution in [3.05, 3.63) is 95.7 Å². The summed E-state index contributed by atoms with van der Waals surface area (Å²) in [4.78, 5) is 19.9. The van der Waals surface area contributed by atoms with E-state index in [0.29, 0.717) is 40.1 Å². The number of nitrogens with two attached hydrogens (primary N) is 1. The van der Waals surface area contributed by atoms with Crippen LogP contribution in [-0.2, 0) is 6.61 Å². The van der Waals surface area contributed by atoms with Crippen LogP contribution in [0.1, 0.15) is 16.7 Å².